The van der Waals surface area contributed by atoms with E-state index in [4.69, 9.17) is 4.74 Å². The molecule has 0 heterocycles. The Morgan fingerprint density at radius 1 is 1.64 bits per heavy atom. The van der Waals surface area contributed by atoms with E-state index in [0.717, 1.165) is 25.7 Å². The summed E-state index contributed by atoms with van der Waals surface area (Å²) in [6, 6.07) is 0. The predicted octanol–water partition coefficient (Wildman–Crippen LogP) is 2.13. The standard InChI is InChI=1S/C9H16O2/c1-3-4-7(2)11-9(10)8-5-6-8/h7-8H,3-6H2,1-2H3. The smallest absolute Gasteiger partial charge is 0.309 e. The van der Waals surface area contributed by atoms with E-state index in [1.54, 1.807) is 0 Å². The zero-order chi connectivity index (χ0) is 8.27. The summed E-state index contributed by atoms with van der Waals surface area (Å²) in [4.78, 5) is 11.1. The lowest BCUT2D eigenvalue weighted by Crippen LogP contribution is -2.15. The Morgan fingerprint density at radius 3 is 2.73 bits per heavy atom. The van der Waals surface area contributed by atoms with Crippen LogP contribution in [0.2, 0.25) is 0 Å². The Balaban J connectivity index is 2.12. The number of carbonyl (C=O) groups excluding carboxylic acids is 1. The molecule has 0 amide bonds. The van der Waals surface area contributed by atoms with Crippen LogP contribution < -0.4 is 0 Å². The van der Waals surface area contributed by atoms with Gasteiger partial charge in [-0.3, -0.25) is 4.79 Å². The first-order chi connectivity index (χ1) is 5.24. The molecular weight excluding hydrogens is 140 g/mol. The van der Waals surface area contributed by atoms with Crippen LogP contribution in [0.1, 0.15) is 39.5 Å². The number of hydrogen-bond donors (Lipinski definition) is 0. The maximum atomic E-state index is 11.1. The molecule has 0 aromatic heterocycles. The van der Waals surface area contributed by atoms with E-state index in [2.05, 4.69) is 6.92 Å². The minimum atomic E-state index is 0.0194. The summed E-state index contributed by atoms with van der Waals surface area (Å²) in [7, 11) is 0. The SMILES string of the molecule is CCCC(C)OC(=O)C1CC1. The van der Waals surface area contributed by atoms with E-state index in [0.29, 0.717) is 0 Å². The molecule has 0 aromatic rings. The van der Waals surface area contributed by atoms with Crippen LogP contribution in [0.25, 0.3) is 0 Å². The molecule has 0 aliphatic heterocycles. The second-order valence-corrected chi connectivity index (χ2v) is 3.31. The summed E-state index contributed by atoms with van der Waals surface area (Å²) in [5.41, 5.74) is 0. The van der Waals surface area contributed by atoms with E-state index >= 15 is 0 Å². The van der Waals surface area contributed by atoms with Crippen LogP contribution >= 0.6 is 0 Å². The van der Waals surface area contributed by atoms with Crippen LogP contribution in [0.15, 0.2) is 0 Å². The van der Waals surface area contributed by atoms with E-state index in [9.17, 15) is 4.79 Å². The number of rotatable bonds is 4. The van der Waals surface area contributed by atoms with Gasteiger partial charge in [-0.2, -0.15) is 0 Å². The maximum Gasteiger partial charge on any atom is 0.309 e. The zero-order valence-electron chi connectivity index (χ0n) is 7.30. The molecule has 64 valence electrons. The molecule has 0 N–H and O–H groups in total. The quantitative estimate of drug-likeness (QED) is 0.583. The highest BCUT2D eigenvalue weighted by atomic mass is 16.5. The minimum absolute atomic E-state index is 0.0194. The predicted molar refractivity (Wildman–Crippen MR) is 43.2 cm³/mol. The van der Waals surface area contributed by atoms with Gasteiger partial charge in [0.1, 0.15) is 0 Å². The average Bonchev–Trinajstić information content (AvgIpc) is 2.67. The Morgan fingerprint density at radius 2 is 2.27 bits per heavy atom. The molecule has 2 heteroatoms. The molecule has 1 saturated carbocycles. The largest absolute Gasteiger partial charge is 0.462 e. The van der Waals surface area contributed by atoms with E-state index in [-0.39, 0.29) is 18.0 Å². The van der Waals surface area contributed by atoms with Gasteiger partial charge in [-0.05, 0) is 26.2 Å². The third-order valence-corrected chi connectivity index (χ3v) is 1.92. The summed E-state index contributed by atoms with van der Waals surface area (Å²) < 4.78 is 5.18. The molecule has 11 heavy (non-hydrogen) atoms. The second-order valence-electron chi connectivity index (χ2n) is 3.31. The highest BCUT2D eigenvalue weighted by Gasteiger charge is 2.31. The Hall–Kier alpha value is -0.530. The molecule has 0 radical (unpaired) electrons. The van der Waals surface area contributed by atoms with Crippen LogP contribution in [-0.4, -0.2) is 12.1 Å². The lowest BCUT2D eigenvalue weighted by Gasteiger charge is -2.10. The fourth-order valence-corrected chi connectivity index (χ4v) is 1.08. The van der Waals surface area contributed by atoms with Crippen molar-refractivity contribution in [3.63, 3.8) is 0 Å². The van der Waals surface area contributed by atoms with Gasteiger partial charge in [0.15, 0.2) is 0 Å². The highest BCUT2D eigenvalue weighted by molar-refractivity contribution is 5.75. The van der Waals surface area contributed by atoms with Gasteiger partial charge >= 0.3 is 5.97 Å². The third kappa shape index (κ3) is 2.91. The van der Waals surface area contributed by atoms with Crippen LogP contribution in [0.4, 0.5) is 0 Å². The molecule has 1 aliphatic rings. The minimum Gasteiger partial charge on any atom is -0.462 e. The Kier molecular flexibility index (Phi) is 2.92. The van der Waals surface area contributed by atoms with Crippen molar-refractivity contribution in [3.8, 4) is 0 Å². The first-order valence-electron chi connectivity index (χ1n) is 4.44. The van der Waals surface area contributed by atoms with Crippen molar-refractivity contribution >= 4 is 5.97 Å². The normalized spacial score (nSPS) is 19.5. The van der Waals surface area contributed by atoms with Crippen molar-refractivity contribution < 1.29 is 9.53 Å². The fraction of sp³-hybridized carbons (Fsp3) is 0.889. The van der Waals surface area contributed by atoms with Crippen molar-refractivity contribution in [2.75, 3.05) is 0 Å². The van der Waals surface area contributed by atoms with Gasteiger partial charge in [-0.15, -0.1) is 0 Å². The zero-order valence-corrected chi connectivity index (χ0v) is 7.30. The molecule has 1 atom stereocenters. The van der Waals surface area contributed by atoms with Crippen LogP contribution in [0, 0.1) is 5.92 Å². The van der Waals surface area contributed by atoms with Crippen molar-refractivity contribution in [2.45, 2.75) is 45.6 Å². The van der Waals surface area contributed by atoms with E-state index in [1.165, 1.54) is 0 Å². The topological polar surface area (TPSA) is 26.3 Å². The molecule has 2 nitrogen and oxygen atoms in total. The molecule has 0 spiro atoms. The van der Waals surface area contributed by atoms with Crippen LogP contribution in [-0.2, 0) is 9.53 Å². The number of hydrogen-bond acceptors (Lipinski definition) is 2. The van der Waals surface area contributed by atoms with Gasteiger partial charge in [0.2, 0.25) is 0 Å². The Bertz CT molecular complexity index is 138. The highest BCUT2D eigenvalue weighted by Crippen LogP contribution is 2.30. The van der Waals surface area contributed by atoms with Crippen molar-refractivity contribution in [1.29, 1.82) is 0 Å². The van der Waals surface area contributed by atoms with Gasteiger partial charge in [-0.25, -0.2) is 0 Å². The van der Waals surface area contributed by atoms with Crippen molar-refractivity contribution in [2.24, 2.45) is 5.92 Å². The van der Waals surface area contributed by atoms with Gasteiger partial charge in [0.05, 0.1) is 12.0 Å². The molecule has 1 rings (SSSR count). The van der Waals surface area contributed by atoms with E-state index < -0.39 is 0 Å². The summed E-state index contributed by atoms with van der Waals surface area (Å²) in [5, 5.41) is 0. The molecule has 0 saturated heterocycles. The molecule has 1 fully saturated rings. The van der Waals surface area contributed by atoms with Crippen molar-refractivity contribution in [1.82, 2.24) is 0 Å². The second kappa shape index (κ2) is 3.74. The Labute approximate surface area is 67.9 Å². The van der Waals surface area contributed by atoms with Crippen molar-refractivity contribution in [3.05, 3.63) is 0 Å². The average molecular weight is 156 g/mol. The lowest BCUT2D eigenvalue weighted by molar-refractivity contribution is -0.150. The van der Waals surface area contributed by atoms with Gasteiger partial charge in [0.25, 0.3) is 0 Å². The molecule has 1 unspecified atom stereocenters. The summed E-state index contributed by atoms with van der Waals surface area (Å²) in [5.74, 6) is 0.264. The fourth-order valence-electron chi connectivity index (χ4n) is 1.08. The molecule has 0 bridgehead atoms. The van der Waals surface area contributed by atoms with Crippen LogP contribution in [0.3, 0.4) is 0 Å². The number of carbonyl (C=O) groups is 1. The van der Waals surface area contributed by atoms with Gasteiger partial charge < -0.3 is 4.74 Å². The van der Waals surface area contributed by atoms with Gasteiger partial charge in [0, 0.05) is 0 Å². The maximum absolute atomic E-state index is 11.1. The number of ether oxygens (including phenoxy) is 1. The van der Waals surface area contributed by atoms with E-state index in [1.807, 2.05) is 6.92 Å². The molecule has 1 aliphatic carbocycles. The number of esters is 1. The third-order valence-electron chi connectivity index (χ3n) is 1.92. The molecule has 0 aromatic carbocycles. The first kappa shape index (κ1) is 8.57. The lowest BCUT2D eigenvalue weighted by atomic mass is 10.2. The summed E-state index contributed by atoms with van der Waals surface area (Å²) in [6.45, 7) is 4.06. The monoisotopic (exact) mass is 156 g/mol. The summed E-state index contributed by atoms with van der Waals surface area (Å²) >= 11 is 0. The van der Waals surface area contributed by atoms with Crippen LogP contribution in [0.5, 0.6) is 0 Å². The molecular formula is C9H16O2. The first-order valence-corrected chi connectivity index (χ1v) is 4.44. The summed E-state index contributed by atoms with van der Waals surface area (Å²) in [6.07, 6.45) is 4.26. The van der Waals surface area contributed by atoms with Gasteiger partial charge in [-0.1, -0.05) is 13.3 Å².